The van der Waals surface area contributed by atoms with E-state index < -0.39 is 0 Å². The van der Waals surface area contributed by atoms with Crippen molar-refractivity contribution < 1.29 is 0 Å². The van der Waals surface area contributed by atoms with Crippen molar-refractivity contribution in [3.05, 3.63) is 218 Å². The lowest BCUT2D eigenvalue weighted by Crippen LogP contribution is -1.98. The summed E-state index contributed by atoms with van der Waals surface area (Å²) in [7, 11) is 0. The Morgan fingerprint density at radius 3 is 1.48 bits per heavy atom. The molecule has 0 aliphatic rings. The average Bonchev–Trinajstić information content (AvgIpc) is 3.31. The molecule has 0 saturated heterocycles. The number of hydrogen-bond acceptors (Lipinski definition) is 2. The van der Waals surface area contributed by atoms with Crippen LogP contribution in [0.15, 0.2) is 218 Å². The zero-order valence-electron chi connectivity index (χ0n) is 31.7. The van der Waals surface area contributed by atoms with Gasteiger partial charge in [0.2, 0.25) is 0 Å². The van der Waals surface area contributed by atoms with Crippen molar-refractivity contribution >= 4 is 43.1 Å². The highest BCUT2D eigenvalue weighted by Crippen LogP contribution is 2.41. The molecule has 58 heavy (non-hydrogen) atoms. The van der Waals surface area contributed by atoms with Gasteiger partial charge in [-0.1, -0.05) is 200 Å². The van der Waals surface area contributed by atoms with Gasteiger partial charge >= 0.3 is 0 Å². The summed E-state index contributed by atoms with van der Waals surface area (Å²) in [5.41, 5.74) is 11.8. The van der Waals surface area contributed by atoms with E-state index in [-0.39, 0.29) is 0 Å². The third kappa shape index (κ3) is 5.91. The number of nitrogens with zero attached hydrogens (tertiary/aromatic N) is 2. The van der Waals surface area contributed by atoms with Crippen LogP contribution in [0.4, 0.5) is 0 Å². The Bertz CT molecular complexity index is 3330. The van der Waals surface area contributed by atoms with Crippen molar-refractivity contribution in [2.24, 2.45) is 0 Å². The Balaban J connectivity index is 1.10. The maximum Gasteiger partial charge on any atom is 0.160 e. The number of hydrogen-bond donors (Lipinski definition) is 0. The molecule has 0 unspecified atom stereocenters. The van der Waals surface area contributed by atoms with Gasteiger partial charge < -0.3 is 0 Å². The lowest BCUT2D eigenvalue weighted by molar-refractivity contribution is 1.18. The topological polar surface area (TPSA) is 25.8 Å². The smallest absolute Gasteiger partial charge is 0.160 e. The lowest BCUT2D eigenvalue weighted by Gasteiger charge is -2.16. The molecule has 0 atom stereocenters. The zero-order chi connectivity index (χ0) is 38.4. The van der Waals surface area contributed by atoms with Gasteiger partial charge in [0.1, 0.15) is 0 Å². The van der Waals surface area contributed by atoms with Crippen molar-refractivity contribution in [1.29, 1.82) is 0 Å². The van der Waals surface area contributed by atoms with Crippen LogP contribution in [0, 0.1) is 0 Å². The van der Waals surface area contributed by atoms with E-state index in [4.69, 9.17) is 9.97 Å². The summed E-state index contributed by atoms with van der Waals surface area (Å²) in [6.07, 6.45) is 0. The minimum atomic E-state index is 0.684. The fraction of sp³-hybridized carbons (Fsp3) is 0. The summed E-state index contributed by atoms with van der Waals surface area (Å²) < 4.78 is 0. The molecule has 1 aromatic heterocycles. The summed E-state index contributed by atoms with van der Waals surface area (Å²) in [6, 6.07) is 78.2. The van der Waals surface area contributed by atoms with Gasteiger partial charge in [-0.25, -0.2) is 9.97 Å². The van der Waals surface area contributed by atoms with Crippen LogP contribution in [0.25, 0.3) is 110 Å². The van der Waals surface area contributed by atoms with Gasteiger partial charge in [-0.15, -0.1) is 0 Å². The molecule has 11 rings (SSSR count). The summed E-state index contributed by atoms with van der Waals surface area (Å²) in [6.45, 7) is 0. The van der Waals surface area contributed by atoms with Crippen molar-refractivity contribution in [1.82, 2.24) is 9.97 Å². The third-order valence-corrected chi connectivity index (χ3v) is 11.5. The predicted molar refractivity (Wildman–Crippen MR) is 245 cm³/mol. The minimum absolute atomic E-state index is 0.684. The number of fused-ring (bicyclic) bond motifs is 5. The summed E-state index contributed by atoms with van der Waals surface area (Å²) in [4.78, 5) is 10.7. The molecule has 0 aliphatic heterocycles. The second-order valence-electron chi connectivity index (χ2n) is 14.9. The van der Waals surface area contributed by atoms with Crippen LogP contribution in [0.3, 0.4) is 0 Å². The molecule has 2 nitrogen and oxygen atoms in total. The van der Waals surface area contributed by atoms with Crippen LogP contribution in [-0.2, 0) is 0 Å². The molecular weight excluding hydrogens is 701 g/mol. The van der Waals surface area contributed by atoms with Crippen molar-refractivity contribution in [2.75, 3.05) is 0 Å². The van der Waals surface area contributed by atoms with Gasteiger partial charge in [0.25, 0.3) is 0 Å². The van der Waals surface area contributed by atoms with Crippen LogP contribution in [-0.4, -0.2) is 9.97 Å². The Morgan fingerprint density at radius 1 is 0.241 bits per heavy atom. The van der Waals surface area contributed by atoms with E-state index in [1.807, 2.05) is 0 Å². The van der Waals surface area contributed by atoms with Gasteiger partial charge in [0.05, 0.1) is 11.4 Å². The summed E-state index contributed by atoms with van der Waals surface area (Å²) >= 11 is 0. The number of aromatic nitrogens is 2. The Labute approximate surface area is 337 Å². The van der Waals surface area contributed by atoms with Crippen LogP contribution >= 0.6 is 0 Å². The molecule has 10 aromatic carbocycles. The standard InChI is InChI=1S/C56H36N2/c1-2-15-38(16-3-1)45-20-10-12-24-49(45)53-36-54(50-25-13-11-22-47(50)44-31-26-37-14-4-5-18-42(37)34-44)58-56(57-53)41-29-27-40(28-30-41)55-48-23-9-7-19-43(48)35-52-46-21-8-6-17-39(46)32-33-51(52)55/h1-36H. The highest BCUT2D eigenvalue weighted by atomic mass is 14.9. The Kier molecular flexibility index (Phi) is 8.19. The molecule has 0 spiro atoms. The van der Waals surface area contributed by atoms with Crippen molar-refractivity contribution in [2.45, 2.75) is 0 Å². The van der Waals surface area contributed by atoms with Gasteiger partial charge in [-0.2, -0.15) is 0 Å². The first-order valence-corrected chi connectivity index (χ1v) is 19.8. The Hall–Kier alpha value is -7.68. The molecule has 0 saturated carbocycles. The van der Waals surface area contributed by atoms with Crippen molar-refractivity contribution in [3.63, 3.8) is 0 Å². The number of benzene rings is 10. The van der Waals surface area contributed by atoms with E-state index in [1.165, 1.54) is 48.7 Å². The normalized spacial score (nSPS) is 11.4. The molecule has 0 bridgehead atoms. The first-order valence-electron chi connectivity index (χ1n) is 19.8. The molecule has 0 fully saturated rings. The molecule has 2 heteroatoms. The molecule has 0 N–H and O–H groups in total. The molecular formula is C56H36N2. The van der Waals surface area contributed by atoms with Gasteiger partial charge in [0, 0.05) is 16.7 Å². The summed E-state index contributed by atoms with van der Waals surface area (Å²) in [5, 5.41) is 9.92. The molecule has 270 valence electrons. The fourth-order valence-corrected chi connectivity index (χ4v) is 8.66. The van der Waals surface area contributed by atoms with Crippen LogP contribution < -0.4 is 0 Å². The maximum atomic E-state index is 5.38. The molecule has 0 radical (unpaired) electrons. The van der Waals surface area contributed by atoms with Gasteiger partial charge in [-0.3, -0.25) is 0 Å². The van der Waals surface area contributed by atoms with E-state index in [2.05, 4.69) is 218 Å². The molecule has 0 amide bonds. The highest BCUT2D eigenvalue weighted by Gasteiger charge is 2.18. The number of rotatable bonds is 6. The first kappa shape index (κ1) is 33.6. The maximum absolute atomic E-state index is 5.38. The quantitative estimate of drug-likeness (QED) is 0.125. The minimum Gasteiger partial charge on any atom is -0.228 e. The second kappa shape index (κ2) is 14.1. The average molecular weight is 737 g/mol. The molecule has 1 heterocycles. The van der Waals surface area contributed by atoms with Crippen LogP contribution in [0.5, 0.6) is 0 Å². The predicted octanol–water partition coefficient (Wildman–Crippen LogP) is 15.1. The van der Waals surface area contributed by atoms with E-state index in [0.29, 0.717) is 5.82 Å². The highest BCUT2D eigenvalue weighted by molar-refractivity contribution is 6.20. The summed E-state index contributed by atoms with van der Waals surface area (Å²) in [5.74, 6) is 0.684. The van der Waals surface area contributed by atoms with E-state index in [1.54, 1.807) is 0 Å². The van der Waals surface area contributed by atoms with Crippen molar-refractivity contribution in [3.8, 4) is 67.3 Å². The second-order valence-corrected chi connectivity index (χ2v) is 14.9. The third-order valence-electron chi connectivity index (χ3n) is 11.5. The van der Waals surface area contributed by atoms with E-state index >= 15 is 0 Å². The SMILES string of the molecule is c1ccc(-c2ccccc2-c2cc(-c3ccccc3-c3ccc4ccccc4c3)nc(-c3ccc(-c4c5ccccc5cc5c4ccc4ccccc45)cc3)n2)cc1. The van der Waals surface area contributed by atoms with Gasteiger partial charge in [-0.05, 0) is 94.7 Å². The Morgan fingerprint density at radius 2 is 0.759 bits per heavy atom. The largest absolute Gasteiger partial charge is 0.228 e. The lowest BCUT2D eigenvalue weighted by atomic mass is 9.89. The monoisotopic (exact) mass is 736 g/mol. The van der Waals surface area contributed by atoms with E-state index in [0.717, 1.165) is 55.9 Å². The first-order chi connectivity index (χ1) is 28.7. The van der Waals surface area contributed by atoms with Crippen LogP contribution in [0.2, 0.25) is 0 Å². The van der Waals surface area contributed by atoms with E-state index in [9.17, 15) is 0 Å². The van der Waals surface area contributed by atoms with Crippen LogP contribution in [0.1, 0.15) is 0 Å². The zero-order valence-corrected chi connectivity index (χ0v) is 31.7. The fourth-order valence-electron chi connectivity index (χ4n) is 8.66. The van der Waals surface area contributed by atoms with Gasteiger partial charge in [0.15, 0.2) is 5.82 Å². The molecule has 11 aromatic rings. The molecule has 0 aliphatic carbocycles.